The molecule has 166 valence electrons. The zero-order valence-electron chi connectivity index (χ0n) is 18.7. The minimum atomic E-state index is -0.372. The number of hydrogen-bond acceptors (Lipinski definition) is 4. The van der Waals surface area contributed by atoms with Crippen LogP contribution in [0.2, 0.25) is 0 Å². The molecule has 0 fully saturated rings. The fourth-order valence-electron chi connectivity index (χ4n) is 3.25. The Morgan fingerprint density at radius 3 is 2.12 bits per heavy atom. The standard InChI is InChI=1S/C25H28N4O2S/c1-17(18-8-6-5-7-9-18)26-24(30)22-16-20(12-15-23(22)29(2)3)28-25(31)27-19-10-13-21(32-4)14-11-19/h5-17H,1-4H3,(H,26,30)(H2,27,28,31). The molecule has 0 aliphatic carbocycles. The molecule has 7 heteroatoms. The van der Waals surface area contributed by atoms with Crippen LogP contribution in [0.3, 0.4) is 0 Å². The molecule has 1 unspecified atom stereocenters. The van der Waals surface area contributed by atoms with Crippen molar-refractivity contribution in [1.29, 1.82) is 0 Å². The summed E-state index contributed by atoms with van der Waals surface area (Å²) >= 11 is 1.64. The van der Waals surface area contributed by atoms with Crippen LogP contribution < -0.4 is 20.9 Å². The van der Waals surface area contributed by atoms with Gasteiger partial charge in [0.25, 0.3) is 5.91 Å². The maximum absolute atomic E-state index is 13.1. The maximum atomic E-state index is 13.1. The van der Waals surface area contributed by atoms with E-state index in [1.54, 1.807) is 23.9 Å². The first-order chi connectivity index (χ1) is 15.4. The zero-order chi connectivity index (χ0) is 23.1. The number of carbonyl (C=O) groups excluding carboxylic acids is 2. The smallest absolute Gasteiger partial charge is 0.323 e. The second-order valence-electron chi connectivity index (χ2n) is 7.54. The Labute approximate surface area is 193 Å². The Hall–Kier alpha value is -3.45. The van der Waals surface area contributed by atoms with Crippen LogP contribution in [0, 0.1) is 0 Å². The lowest BCUT2D eigenvalue weighted by molar-refractivity contribution is 0.0940. The van der Waals surface area contributed by atoms with Crippen molar-refractivity contribution < 1.29 is 9.59 Å². The third-order valence-electron chi connectivity index (χ3n) is 4.98. The van der Waals surface area contributed by atoms with Crippen LogP contribution in [-0.4, -0.2) is 32.3 Å². The Kier molecular flexibility index (Phi) is 7.78. The molecule has 0 spiro atoms. The number of nitrogens with one attached hydrogen (secondary N) is 3. The van der Waals surface area contributed by atoms with Crippen molar-refractivity contribution >= 4 is 40.8 Å². The normalized spacial score (nSPS) is 11.4. The van der Waals surface area contributed by atoms with Gasteiger partial charge in [0.2, 0.25) is 0 Å². The average Bonchev–Trinajstić information content (AvgIpc) is 2.79. The molecule has 3 amide bonds. The number of carbonyl (C=O) groups is 2. The summed E-state index contributed by atoms with van der Waals surface area (Å²) in [5, 5.41) is 8.67. The zero-order valence-corrected chi connectivity index (χ0v) is 19.5. The second kappa shape index (κ2) is 10.7. The van der Waals surface area contributed by atoms with Crippen molar-refractivity contribution in [3.8, 4) is 0 Å². The summed E-state index contributed by atoms with van der Waals surface area (Å²) in [4.78, 5) is 28.5. The summed E-state index contributed by atoms with van der Waals surface area (Å²) in [6.07, 6.45) is 2.00. The van der Waals surface area contributed by atoms with Crippen molar-refractivity contribution in [2.75, 3.05) is 35.9 Å². The number of benzene rings is 3. The van der Waals surface area contributed by atoms with E-state index in [1.165, 1.54) is 0 Å². The predicted molar refractivity (Wildman–Crippen MR) is 134 cm³/mol. The van der Waals surface area contributed by atoms with Gasteiger partial charge < -0.3 is 20.9 Å². The van der Waals surface area contributed by atoms with E-state index < -0.39 is 0 Å². The van der Waals surface area contributed by atoms with E-state index in [-0.39, 0.29) is 18.0 Å². The molecule has 3 N–H and O–H groups in total. The van der Waals surface area contributed by atoms with Gasteiger partial charge in [-0.3, -0.25) is 4.79 Å². The van der Waals surface area contributed by atoms with E-state index in [4.69, 9.17) is 0 Å². The molecule has 3 aromatic rings. The van der Waals surface area contributed by atoms with Gasteiger partial charge in [-0.05, 0) is 61.2 Å². The topological polar surface area (TPSA) is 73.5 Å². The molecule has 32 heavy (non-hydrogen) atoms. The van der Waals surface area contributed by atoms with Crippen LogP contribution in [-0.2, 0) is 0 Å². The number of nitrogens with zero attached hydrogens (tertiary/aromatic N) is 1. The van der Waals surface area contributed by atoms with Crippen LogP contribution in [0.5, 0.6) is 0 Å². The first-order valence-corrected chi connectivity index (χ1v) is 11.5. The molecule has 0 radical (unpaired) electrons. The van der Waals surface area contributed by atoms with E-state index in [1.807, 2.05) is 92.8 Å². The third kappa shape index (κ3) is 6.04. The molecule has 0 saturated heterocycles. The van der Waals surface area contributed by atoms with Gasteiger partial charge in [0.05, 0.1) is 11.6 Å². The molecule has 0 bridgehead atoms. The summed E-state index contributed by atoms with van der Waals surface area (Å²) in [5.41, 5.74) is 3.50. The number of thioether (sulfide) groups is 1. The summed E-state index contributed by atoms with van der Waals surface area (Å²) in [7, 11) is 3.76. The molecule has 0 heterocycles. The Morgan fingerprint density at radius 1 is 0.875 bits per heavy atom. The number of rotatable bonds is 7. The molecule has 0 aromatic heterocycles. The molecule has 0 saturated carbocycles. The molecular formula is C25H28N4O2S. The summed E-state index contributed by atoms with van der Waals surface area (Å²) < 4.78 is 0. The van der Waals surface area contributed by atoms with E-state index >= 15 is 0 Å². The highest BCUT2D eigenvalue weighted by Gasteiger charge is 2.17. The molecule has 6 nitrogen and oxygen atoms in total. The van der Waals surface area contributed by atoms with Gasteiger partial charge >= 0.3 is 6.03 Å². The van der Waals surface area contributed by atoms with E-state index in [0.717, 1.165) is 16.1 Å². The van der Waals surface area contributed by atoms with Crippen molar-refractivity contribution in [3.05, 3.63) is 83.9 Å². The minimum Gasteiger partial charge on any atom is -0.377 e. The van der Waals surface area contributed by atoms with Gasteiger partial charge in [0, 0.05) is 36.1 Å². The lowest BCUT2D eigenvalue weighted by Crippen LogP contribution is -2.28. The monoisotopic (exact) mass is 448 g/mol. The third-order valence-corrected chi connectivity index (χ3v) is 5.72. The van der Waals surface area contributed by atoms with Crippen molar-refractivity contribution in [3.63, 3.8) is 0 Å². The van der Waals surface area contributed by atoms with E-state index in [9.17, 15) is 9.59 Å². The first-order valence-electron chi connectivity index (χ1n) is 10.3. The van der Waals surface area contributed by atoms with Crippen LogP contribution in [0.1, 0.15) is 28.9 Å². The van der Waals surface area contributed by atoms with Crippen molar-refractivity contribution in [2.45, 2.75) is 17.9 Å². The largest absolute Gasteiger partial charge is 0.377 e. The van der Waals surface area contributed by atoms with Crippen molar-refractivity contribution in [1.82, 2.24) is 5.32 Å². The molecule has 3 rings (SSSR count). The summed E-state index contributed by atoms with van der Waals surface area (Å²) in [6.45, 7) is 1.94. The molecule has 0 aliphatic heterocycles. The van der Waals surface area contributed by atoms with Gasteiger partial charge in [-0.15, -0.1) is 11.8 Å². The van der Waals surface area contributed by atoms with Gasteiger partial charge in [0.1, 0.15) is 0 Å². The highest BCUT2D eigenvalue weighted by molar-refractivity contribution is 7.98. The summed E-state index contributed by atoms with van der Waals surface area (Å²) in [5.74, 6) is -0.207. The number of hydrogen-bond donors (Lipinski definition) is 3. The highest BCUT2D eigenvalue weighted by atomic mass is 32.2. The fraction of sp³-hybridized carbons (Fsp3) is 0.200. The number of amides is 3. The molecule has 1 atom stereocenters. The van der Waals surface area contributed by atoms with Crippen LogP contribution in [0.4, 0.5) is 21.9 Å². The van der Waals surface area contributed by atoms with Gasteiger partial charge in [-0.2, -0.15) is 0 Å². The molecule has 0 aliphatic rings. The summed E-state index contributed by atoms with van der Waals surface area (Å²) in [6, 6.07) is 22.2. The second-order valence-corrected chi connectivity index (χ2v) is 8.42. The molecule has 3 aromatic carbocycles. The maximum Gasteiger partial charge on any atom is 0.323 e. The fourth-order valence-corrected chi connectivity index (χ4v) is 3.66. The quantitative estimate of drug-likeness (QED) is 0.411. The first kappa shape index (κ1) is 23.2. The van der Waals surface area contributed by atoms with Gasteiger partial charge in [0.15, 0.2) is 0 Å². The lowest BCUT2D eigenvalue weighted by atomic mass is 10.1. The SMILES string of the molecule is CSc1ccc(NC(=O)Nc2ccc(N(C)C)c(C(=O)NC(C)c3ccccc3)c2)cc1. The van der Waals surface area contributed by atoms with Crippen LogP contribution in [0.15, 0.2) is 77.7 Å². The Balaban J connectivity index is 1.74. The Morgan fingerprint density at radius 2 is 1.50 bits per heavy atom. The predicted octanol–water partition coefficient (Wildman–Crippen LogP) is 5.61. The van der Waals surface area contributed by atoms with Gasteiger partial charge in [-0.25, -0.2) is 4.79 Å². The highest BCUT2D eigenvalue weighted by Crippen LogP contribution is 2.25. The van der Waals surface area contributed by atoms with Crippen LogP contribution in [0.25, 0.3) is 0 Å². The minimum absolute atomic E-state index is 0.150. The average molecular weight is 449 g/mol. The lowest BCUT2D eigenvalue weighted by Gasteiger charge is -2.20. The van der Waals surface area contributed by atoms with Crippen molar-refractivity contribution in [2.24, 2.45) is 0 Å². The van der Waals surface area contributed by atoms with Crippen LogP contribution >= 0.6 is 11.8 Å². The van der Waals surface area contributed by atoms with Gasteiger partial charge in [-0.1, -0.05) is 30.3 Å². The Bertz CT molecular complexity index is 1070. The van der Waals surface area contributed by atoms with E-state index in [0.29, 0.717) is 16.9 Å². The molecular weight excluding hydrogens is 420 g/mol. The number of anilines is 3. The van der Waals surface area contributed by atoms with E-state index in [2.05, 4.69) is 16.0 Å². The number of urea groups is 1.